The van der Waals surface area contributed by atoms with Gasteiger partial charge in [-0.15, -0.1) is 23.5 Å². The molecule has 3 aromatic rings. The average molecular weight is 1800 g/mol. The Morgan fingerprint density at radius 1 is 0.416 bits per heavy atom. The molecule has 1 spiro atoms. The Hall–Kier alpha value is -7.86. The van der Waals surface area contributed by atoms with Crippen LogP contribution in [0, 0.1) is 17.8 Å². The molecule has 2 amide bonds. The summed E-state index contributed by atoms with van der Waals surface area (Å²) in [7, 11) is 21.5. The number of carbonyl (C=O) groups is 10. The van der Waals surface area contributed by atoms with Crippen molar-refractivity contribution in [1.29, 1.82) is 0 Å². The lowest BCUT2D eigenvalue weighted by Gasteiger charge is -2.31. The van der Waals surface area contributed by atoms with Crippen LogP contribution in [0.4, 0.5) is 4.79 Å². The monoisotopic (exact) mass is 1800 g/mol. The first kappa shape index (κ1) is 115. The number of nitrogens with zero attached hydrogens (tertiary/aromatic N) is 10. The minimum Gasteiger partial charge on any atom is -0.493 e. The summed E-state index contributed by atoms with van der Waals surface area (Å²) in [6, 6.07) is 19.3. The highest BCUT2D eigenvalue weighted by molar-refractivity contribution is 8.21. The van der Waals surface area contributed by atoms with Gasteiger partial charge >= 0.3 is 59.8 Å². The number of hydrogen-bond acceptors (Lipinski definition) is 22. The van der Waals surface area contributed by atoms with E-state index < -0.39 is 65.8 Å². The minimum absolute atomic E-state index is 0. The van der Waals surface area contributed by atoms with Crippen LogP contribution < -0.4 is 9.47 Å². The lowest BCUT2D eigenvalue weighted by Crippen LogP contribution is -2.43. The third-order valence-electron chi connectivity index (χ3n) is 26.3. The number of ether oxygens (including phenoxy) is 2. The summed E-state index contributed by atoms with van der Waals surface area (Å²) >= 11 is 3.87. The molecular weight excluding hydrogens is 1650 g/mol. The number of methoxy groups -OCH3 is 2. The fourth-order valence-corrected chi connectivity index (χ4v) is 22.8. The molecule has 0 aromatic heterocycles. The summed E-state index contributed by atoms with van der Waals surface area (Å²) in [6.45, 7) is 3.57. The highest BCUT2D eigenvalue weighted by Gasteiger charge is 2.50. The SMILES string of the molecule is C.C.C.C.C.C.C.CN(CC(=O)O)C1Cc2ccccc2C1.CN1CC2(C[C@H]1C(=O)O)SCCS2.CN1CCC[C@H]1C(=O)O.CN1C[C@@H](C(=O)O)N(C)C1=O.CN1Cc2ccccc2C[C@H]1C(=O)O.CN1[C@H](C(=O)O)C[C@@H]2CCCC[C@@H]21.CN1[C@H](C(=O)O)C[C@@H]2CCCC[C@@H]21.CN1[C@H](C(=O)O)C[C@@H]2CCC[C@@H]21.COc1cc2c(cc1OC)CN(C)[C@H](C(=O)O)C2. The van der Waals surface area contributed by atoms with Crippen molar-refractivity contribution >= 4 is 83.3 Å². The predicted octanol–water partition coefficient (Wildman–Crippen LogP) is 12.1. The normalized spacial score (nSPS) is 27.1. The molecule has 9 N–H and O–H groups in total. The number of hydrogen-bond donors (Lipinski definition) is 9. The molecule has 0 radical (unpaired) electrons. The lowest BCUT2D eigenvalue weighted by molar-refractivity contribution is -0.144. The molecule has 4 aliphatic carbocycles. The third kappa shape index (κ3) is 30.4. The first-order valence-corrected chi connectivity index (χ1v) is 43.2. The number of urea groups is 1. The number of amides is 2. The van der Waals surface area contributed by atoms with Crippen molar-refractivity contribution in [3.05, 3.63) is 94.0 Å². The van der Waals surface area contributed by atoms with E-state index in [1.54, 1.807) is 21.3 Å². The third-order valence-corrected chi connectivity index (χ3v) is 29.7. The second-order valence-corrected chi connectivity index (χ2v) is 37.0. The lowest BCUT2D eigenvalue weighted by atomic mass is 9.85. The fourth-order valence-electron chi connectivity index (χ4n) is 19.5. The molecule has 13 aliphatic rings. The van der Waals surface area contributed by atoms with Gasteiger partial charge in [0.1, 0.15) is 48.3 Å². The van der Waals surface area contributed by atoms with Crippen LogP contribution in [0.1, 0.15) is 195 Å². The summed E-state index contributed by atoms with van der Waals surface area (Å²) < 4.78 is 10.7. The van der Waals surface area contributed by atoms with Crippen molar-refractivity contribution in [2.45, 2.75) is 276 Å². The Balaban J connectivity index is 0.000000701. The van der Waals surface area contributed by atoms with E-state index in [1.807, 2.05) is 147 Å². The maximum atomic E-state index is 11.2. The number of thioether (sulfide) groups is 2. The standard InChI is InChI=1S/C13H17NO4.C12H15NO2.C11H13NO2.2C10H17NO2.C9H15NO2.C8H13NO2S2.C6H10N2O3.C6H11NO2.7CH4/c1-14-7-9-6-12(18-3)11(17-2)5-8(9)4-10(14)13(15)16;1-13(8-12(14)15)11-6-9-4-2-3-5-10(9)7-11;1-12-7-9-5-3-2-4-8(9)6-10(12)11(13)14;2*1-11-8-5-3-2-4-7(8)6-9(11)10(12)13;1-10-7-4-2-3-6(7)5-8(10)9(11)12;1-9-5-8(12-2-3-13-8)4-6(9)7(10)11;1-7-3-4(5(9)10)8(2)6(7)11;1-7-4-2-3-5(7)6(8)9;;;;;;;/h5-6,10H,4,7H2,1-3H3,(H,15,16);2-5,11H,6-8H2,1H3,(H,14,15);2-5,10H,6-7H2,1H3,(H,13,14);2*7-9H,2-6H2,1H3,(H,12,13);6-8H,2-5H2,1H3,(H,11,12);6H,2-5H2,1H3,(H,10,11);4H,3H2,1-2H3,(H,9,10);5H,2-4H2,1H3,(H,8,9);7*1H4/t10-;;10-;2*7-,8-,9-;6-,7-,8-;6-;4-;5-;;;;;;;/m0.0000000......./s1. The molecule has 712 valence electrons. The number of aliphatic carboxylic acids is 9. The van der Waals surface area contributed by atoms with Crippen LogP contribution in [-0.2, 0) is 81.9 Å². The minimum atomic E-state index is -0.954. The van der Waals surface area contributed by atoms with Gasteiger partial charge < -0.3 is 65.2 Å². The quantitative estimate of drug-likeness (QED) is 0.0767. The molecule has 9 aliphatic heterocycles. The smallest absolute Gasteiger partial charge is 0.328 e. The van der Waals surface area contributed by atoms with Crippen molar-refractivity contribution in [3.63, 3.8) is 0 Å². The van der Waals surface area contributed by atoms with Crippen molar-refractivity contribution in [2.75, 3.05) is 122 Å². The number of fused-ring (bicyclic) bond motifs is 6. The van der Waals surface area contributed by atoms with E-state index in [1.165, 1.54) is 116 Å². The number of carboxylic acid groups (broad SMARTS) is 9. The summed E-state index contributed by atoms with van der Waals surface area (Å²) in [6.07, 6.45) is 22.0. The van der Waals surface area contributed by atoms with Gasteiger partial charge in [-0.3, -0.25) is 77.6 Å². The number of carboxylic acids is 9. The van der Waals surface area contributed by atoms with Crippen LogP contribution in [0.25, 0.3) is 0 Å². The Morgan fingerprint density at radius 2 is 0.776 bits per heavy atom. The summed E-state index contributed by atoms with van der Waals surface area (Å²) in [4.78, 5) is 126. The van der Waals surface area contributed by atoms with Gasteiger partial charge in [-0.1, -0.05) is 133 Å². The average Bonchev–Trinajstić information content (AvgIpc) is 1.72. The molecule has 16 rings (SSSR count). The van der Waals surface area contributed by atoms with E-state index in [0.717, 1.165) is 87.7 Å². The van der Waals surface area contributed by atoms with Crippen LogP contribution in [0.3, 0.4) is 0 Å². The highest BCUT2D eigenvalue weighted by Crippen LogP contribution is 2.51. The maximum Gasteiger partial charge on any atom is 0.328 e. The molecule has 3 aromatic carbocycles. The van der Waals surface area contributed by atoms with Crippen molar-refractivity contribution < 1.29 is 103 Å². The molecule has 9 heterocycles. The number of carbonyl (C=O) groups excluding carboxylic acids is 1. The number of rotatable bonds is 13. The van der Waals surface area contributed by atoms with Crippen molar-refractivity contribution in [3.8, 4) is 11.5 Å². The first-order valence-electron chi connectivity index (χ1n) is 41.2. The van der Waals surface area contributed by atoms with Gasteiger partial charge in [-0.2, -0.15) is 0 Å². The molecule has 14 atom stereocenters. The number of benzene rings is 3. The molecule has 31 nitrogen and oxygen atoms in total. The maximum absolute atomic E-state index is 11.2. The Kier molecular flexibility index (Phi) is 49.0. The summed E-state index contributed by atoms with van der Waals surface area (Å²) in [5, 5.41) is 79.9. The van der Waals surface area contributed by atoms with Crippen LogP contribution in [0.15, 0.2) is 60.7 Å². The molecular formula is C92H156N10O21S2. The zero-order valence-electron chi connectivity index (χ0n) is 70.7. The van der Waals surface area contributed by atoms with E-state index >= 15 is 0 Å². The van der Waals surface area contributed by atoms with E-state index in [9.17, 15) is 47.9 Å². The first-order chi connectivity index (χ1) is 55.9. The van der Waals surface area contributed by atoms with Gasteiger partial charge in [0.2, 0.25) is 0 Å². The Morgan fingerprint density at radius 3 is 1.11 bits per heavy atom. The molecule has 0 bridgehead atoms. The van der Waals surface area contributed by atoms with Gasteiger partial charge in [0.05, 0.1) is 31.4 Å². The van der Waals surface area contributed by atoms with E-state index in [0.29, 0.717) is 72.8 Å². The molecule has 3 saturated carbocycles. The zero-order valence-corrected chi connectivity index (χ0v) is 72.3. The Bertz CT molecular complexity index is 3850. The molecule has 125 heavy (non-hydrogen) atoms. The number of likely N-dealkylation sites (N-methyl/N-ethyl adjacent to an activating group) is 10. The molecule has 0 unspecified atom stereocenters. The topological polar surface area (TPSA) is 404 Å². The Labute approximate surface area is 753 Å². The van der Waals surface area contributed by atoms with Gasteiger partial charge in [-0.25, -0.2) is 9.59 Å². The van der Waals surface area contributed by atoms with Crippen LogP contribution in [0.2, 0.25) is 0 Å². The van der Waals surface area contributed by atoms with E-state index in [-0.39, 0.29) is 111 Å². The van der Waals surface area contributed by atoms with Gasteiger partial charge in [-0.05, 0) is 229 Å². The molecule has 33 heteroatoms. The summed E-state index contributed by atoms with van der Waals surface area (Å²) in [5.41, 5.74) is 7.23. The number of likely N-dealkylation sites (tertiary alicyclic amines) is 5. The second kappa shape index (κ2) is 53.2. The van der Waals surface area contributed by atoms with Crippen molar-refractivity contribution in [1.82, 2.24) is 49.0 Å². The van der Waals surface area contributed by atoms with Gasteiger partial charge in [0, 0.05) is 69.4 Å². The van der Waals surface area contributed by atoms with E-state index in [2.05, 4.69) is 32.9 Å². The molecule has 7 saturated heterocycles. The van der Waals surface area contributed by atoms with E-state index in [4.69, 9.17) is 55.4 Å². The largest absolute Gasteiger partial charge is 0.493 e. The van der Waals surface area contributed by atoms with Gasteiger partial charge in [0.25, 0.3) is 0 Å². The van der Waals surface area contributed by atoms with Crippen LogP contribution in [-0.4, -0.2) is 354 Å². The van der Waals surface area contributed by atoms with Gasteiger partial charge in [0.15, 0.2) is 11.5 Å². The highest BCUT2D eigenvalue weighted by atomic mass is 32.2. The van der Waals surface area contributed by atoms with Crippen molar-refractivity contribution in [2.24, 2.45) is 17.8 Å². The van der Waals surface area contributed by atoms with Crippen LogP contribution in [0.5, 0.6) is 11.5 Å². The zero-order chi connectivity index (χ0) is 86.7. The van der Waals surface area contributed by atoms with Crippen LogP contribution >= 0.6 is 23.5 Å². The fraction of sp³-hybridized carbons (Fsp3) is 0.696. The molecule has 10 fully saturated rings. The predicted molar refractivity (Wildman–Crippen MR) is 495 cm³/mol. The summed E-state index contributed by atoms with van der Waals surface area (Å²) in [5.74, 6) is -0.892. The second-order valence-electron chi connectivity index (χ2n) is 33.8.